The molecule has 19 heavy (non-hydrogen) atoms. The van der Waals surface area contributed by atoms with E-state index in [1.54, 1.807) is 12.4 Å². The standard InChI is InChI=1S/C14H15ClN4/c15-12-8-17-7-5-10(12)14(19-16)11-4-3-9-2-1-6-18-13(9)11/h1-2,5-8,11,14,19H,3-4,16H2. The zero-order valence-electron chi connectivity index (χ0n) is 10.4. The van der Waals surface area contributed by atoms with Gasteiger partial charge in [-0.2, -0.15) is 0 Å². The second-order valence-corrected chi connectivity index (χ2v) is 5.14. The van der Waals surface area contributed by atoms with Crippen LogP contribution in [0.15, 0.2) is 36.8 Å². The molecular weight excluding hydrogens is 260 g/mol. The molecule has 0 fully saturated rings. The maximum Gasteiger partial charge on any atom is 0.0637 e. The van der Waals surface area contributed by atoms with Crippen molar-refractivity contribution in [3.63, 3.8) is 0 Å². The minimum atomic E-state index is -0.0355. The van der Waals surface area contributed by atoms with Crippen LogP contribution >= 0.6 is 11.6 Å². The lowest BCUT2D eigenvalue weighted by atomic mass is 9.92. The zero-order valence-corrected chi connectivity index (χ0v) is 11.1. The van der Waals surface area contributed by atoms with Crippen molar-refractivity contribution in [3.05, 3.63) is 58.6 Å². The van der Waals surface area contributed by atoms with Crippen LogP contribution < -0.4 is 11.3 Å². The Hall–Kier alpha value is -1.49. The average molecular weight is 275 g/mol. The van der Waals surface area contributed by atoms with Crippen molar-refractivity contribution in [2.75, 3.05) is 0 Å². The summed E-state index contributed by atoms with van der Waals surface area (Å²) >= 11 is 6.22. The van der Waals surface area contributed by atoms with Crippen LogP contribution in [-0.2, 0) is 6.42 Å². The molecule has 2 aromatic heterocycles. The maximum atomic E-state index is 6.22. The van der Waals surface area contributed by atoms with Crippen molar-refractivity contribution in [2.45, 2.75) is 24.8 Å². The number of fused-ring (bicyclic) bond motifs is 1. The molecule has 1 aliphatic rings. The number of hydrogen-bond acceptors (Lipinski definition) is 4. The van der Waals surface area contributed by atoms with Gasteiger partial charge in [-0.1, -0.05) is 17.7 Å². The number of aromatic nitrogens is 2. The van der Waals surface area contributed by atoms with Crippen LogP contribution in [-0.4, -0.2) is 9.97 Å². The molecular formula is C14H15ClN4. The predicted molar refractivity (Wildman–Crippen MR) is 74.6 cm³/mol. The molecule has 0 aromatic carbocycles. The van der Waals surface area contributed by atoms with Gasteiger partial charge in [-0.25, -0.2) is 0 Å². The molecule has 0 radical (unpaired) electrons. The number of nitrogens with zero attached hydrogens (tertiary/aromatic N) is 2. The molecule has 3 rings (SSSR count). The molecule has 2 atom stereocenters. The zero-order chi connectivity index (χ0) is 13.2. The summed E-state index contributed by atoms with van der Waals surface area (Å²) in [7, 11) is 0. The van der Waals surface area contributed by atoms with Crippen molar-refractivity contribution < 1.29 is 0 Å². The van der Waals surface area contributed by atoms with Gasteiger partial charge < -0.3 is 0 Å². The van der Waals surface area contributed by atoms with Gasteiger partial charge in [0.2, 0.25) is 0 Å². The van der Waals surface area contributed by atoms with Crippen LogP contribution in [0.3, 0.4) is 0 Å². The smallest absolute Gasteiger partial charge is 0.0637 e. The summed E-state index contributed by atoms with van der Waals surface area (Å²) < 4.78 is 0. The van der Waals surface area contributed by atoms with E-state index in [4.69, 9.17) is 17.4 Å². The molecule has 3 N–H and O–H groups in total. The van der Waals surface area contributed by atoms with Gasteiger partial charge >= 0.3 is 0 Å². The first kappa shape index (κ1) is 12.5. The van der Waals surface area contributed by atoms with E-state index in [0.29, 0.717) is 5.02 Å². The summed E-state index contributed by atoms with van der Waals surface area (Å²) in [6.07, 6.45) is 7.28. The fourth-order valence-electron chi connectivity index (χ4n) is 2.83. The molecule has 2 unspecified atom stereocenters. The number of pyridine rings is 2. The molecule has 98 valence electrons. The first-order valence-electron chi connectivity index (χ1n) is 6.30. The van der Waals surface area contributed by atoms with Gasteiger partial charge in [-0.05, 0) is 36.1 Å². The Balaban J connectivity index is 1.99. The number of hydrogen-bond donors (Lipinski definition) is 2. The second kappa shape index (κ2) is 5.25. The van der Waals surface area contributed by atoms with Crippen LogP contribution in [0.25, 0.3) is 0 Å². The van der Waals surface area contributed by atoms with Crippen LogP contribution in [0, 0.1) is 0 Å². The Bertz CT molecular complexity index is 587. The minimum absolute atomic E-state index is 0.0355. The summed E-state index contributed by atoms with van der Waals surface area (Å²) in [5.74, 6) is 6.00. The molecule has 2 heterocycles. The molecule has 0 amide bonds. The van der Waals surface area contributed by atoms with Gasteiger partial charge in [0.15, 0.2) is 0 Å². The number of hydrazine groups is 1. The van der Waals surface area contributed by atoms with E-state index in [2.05, 4.69) is 21.5 Å². The van der Waals surface area contributed by atoms with E-state index >= 15 is 0 Å². The number of rotatable bonds is 3. The average Bonchev–Trinajstić information content (AvgIpc) is 2.86. The molecule has 0 spiro atoms. The Labute approximate surface area is 117 Å². The van der Waals surface area contributed by atoms with Crippen LogP contribution in [0.5, 0.6) is 0 Å². The number of nitrogens with one attached hydrogen (secondary N) is 1. The summed E-state index contributed by atoms with van der Waals surface area (Å²) in [6, 6.07) is 5.98. The van der Waals surface area contributed by atoms with E-state index in [9.17, 15) is 0 Å². The lowest BCUT2D eigenvalue weighted by Crippen LogP contribution is -2.32. The van der Waals surface area contributed by atoms with E-state index < -0.39 is 0 Å². The highest BCUT2D eigenvalue weighted by Gasteiger charge is 2.32. The predicted octanol–water partition coefficient (Wildman–Crippen LogP) is 2.36. The highest BCUT2D eigenvalue weighted by Crippen LogP contribution is 2.41. The number of aryl methyl sites for hydroxylation is 1. The van der Waals surface area contributed by atoms with Gasteiger partial charge in [0.1, 0.15) is 0 Å². The monoisotopic (exact) mass is 274 g/mol. The van der Waals surface area contributed by atoms with Gasteiger partial charge in [-0.3, -0.25) is 21.2 Å². The van der Waals surface area contributed by atoms with Crippen molar-refractivity contribution in [3.8, 4) is 0 Å². The second-order valence-electron chi connectivity index (χ2n) is 4.73. The molecule has 4 nitrogen and oxygen atoms in total. The highest BCUT2D eigenvalue weighted by molar-refractivity contribution is 6.31. The molecule has 5 heteroatoms. The van der Waals surface area contributed by atoms with Crippen molar-refractivity contribution >= 4 is 11.6 Å². The largest absolute Gasteiger partial charge is 0.271 e. The third-order valence-electron chi connectivity index (χ3n) is 3.72. The minimum Gasteiger partial charge on any atom is -0.271 e. The SMILES string of the molecule is NNC(c1ccncc1Cl)C1CCc2cccnc21. The van der Waals surface area contributed by atoms with E-state index in [0.717, 1.165) is 24.1 Å². The Kier molecular flexibility index (Phi) is 3.46. The lowest BCUT2D eigenvalue weighted by molar-refractivity contribution is 0.447. The van der Waals surface area contributed by atoms with E-state index in [1.165, 1.54) is 5.56 Å². The third-order valence-corrected chi connectivity index (χ3v) is 4.04. The van der Waals surface area contributed by atoms with Crippen LogP contribution in [0.1, 0.15) is 35.2 Å². The summed E-state index contributed by atoms with van der Waals surface area (Å²) in [5, 5.41) is 0.634. The molecule has 1 aliphatic carbocycles. The molecule has 0 saturated heterocycles. The van der Waals surface area contributed by atoms with Crippen molar-refractivity contribution in [1.82, 2.24) is 15.4 Å². The summed E-state index contributed by atoms with van der Waals surface area (Å²) in [5.41, 5.74) is 6.29. The highest BCUT2D eigenvalue weighted by atomic mass is 35.5. The Morgan fingerprint density at radius 1 is 1.37 bits per heavy atom. The molecule has 0 bridgehead atoms. The van der Waals surface area contributed by atoms with Crippen LogP contribution in [0.2, 0.25) is 5.02 Å². The van der Waals surface area contributed by atoms with E-state index in [-0.39, 0.29) is 12.0 Å². The molecule has 0 saturated carbocycles. The van der Waals surface area contributed by atoms with Gasteiger partial charge in [0.25, 0.3) is 0 Å². The Morgan fingerprint density at radius 2 is 2.26 bits per heavy atom. The topological polar surface area (TPSA) is 63.8 Å². The molecule has 0 aliphatic heterocycles. The molecule has 2 aromatic rings. The Morgan fingerprint density at radius 3 is 3.05 bits per heavy atom. The summed E-state index contributed by atoms with van der Waals surface area (Å²) in [6.45, 7) is 0. The normalized spacial score (nSPS) is 19.2. The van der Waals surface area contributed by atoms with Crippen molar-refractivity contribution in [1.29, 1.82) is 0 Å². The fraction of sp³-hybridized carbons (Fsp3) is 0.286. The van der Waals surface area contributed by atoms with Crippen molar-refractivity contribution in [2.24, 2.45) is 5.84 Å². The van der Waals surface area contributed by atoms with Crippen LogP contribution in [0.4, 0.5) is 0 Å². The summed E-state index contributed by atoms with van der Waals surface area (Å²) in [4.78, 5) is 8.53. The third kappa shape index (κ3) is 2.23. The lowest BCUT2D eigenvalue weighted by Gasteiger charge is -2.24. The van der Waals surface area contributed by atoms with Gasteiger partial charge in [-0.15, -0.1) is 0 Å². The van der Waals surface area contributed by atoms with E-state index in [1.807, 2.05) is 18.3 Å². The number of nitrogens with two attached hydrogens (primary N) is 1. The first-order chi connectivity index (χ1) is 9.31. The van der Waals surface area contributed by atoms with Gasteiger partial charge in [0.05, 0.1) is 11.1 Å². The number of halogens is 1. The van der Waals surface area contributed by atoms with Gasteiger partial charge in [0, 0.05) is 30.2 Å². The maximum absolute atomic E-state index is 6.22. The fourth-order valence-corrected chi connectivity index (χ4v) is 3.07. The quantitative estimate of drug-likeness (QED) is 0.666. The first-order valence-corrected chi connectivity index (χ1v) is 6.68.